The Morgan fingerprint density at radius 2 is 1.40 bits per heavy atom. The third-order valence-corrected chi connectivity index (χ3v) is 5.26. The minimum Gasteiger partial charge on any atom is -0.354 e. The number of halogens is 1. The average Bonchev–Trinajstić information content (AvgIpc) is 2.59. The Balaban J connectivity index is 1.87. The Bertz CT molecular complexity index is 969. The smallest absolute Gasteiger partial charge is 0.261 e. The largest absolute Gasteiger partial charge is 0.354 e. The fourth-order valence-corrected chi connectivity index (χ4v) is 3.50. The first kappa shape index (κ1) is 17.3. The summed E-state index contributed by atoms with van der Waals surface area (Å²) in [7, 11) is -3.70. The summed E-state index contributed by atoms with van der Waals surface area (Å²) in [5, 5.41) is 3.72. The van der Waals surface area contributed by atoms with Crippen molar-refractivity contribution in [3.05, 3.63) is 83.4 Å². The van der Waals surface area contributed by atoms with Gasteiger partial charge >= 0.3 is 0 Å². The van der Waals surface area contributed by atoms with E-state index in [9.17, 15) is 8.42 Å². The van der Waals surface area contributed by atoms with E-state index >= 15 is 0 Å². The molecule has 0 heterocycles. The molecule has 0 saturated heterocycles. The van der Waals surface area contributed by atoms with E-state index in [0.717, 1.165) is 11.3 Å². The van der Waals surface area contributed by atoms with Gasteiger partial charge in [0.05, 0.1) is 16.3 Å². The maximum Gasteiger partial charge on any atom is 0.261 e. The summed E-state index contributed by atoms with van der Waals surface area (Å²) >= 11 is 5.82. The van der Waals surface area contributed by atoms with Crippen LogP contribution < -0.4 is 10.0 Å². The van der Waals surface area contributed by atoms with E-state index < -0.39 is 10.0 Å². The lowest BCUT2D eigenvalue weighted by Gasteiger charge is -2.14. The molecule has 0 amide bonds. The number of nitrogens with one attached hydrogen (secondary N) is 2. The Morgan fingerprint density at radius 1 is 0.800 bits per heavy atom. The van der Waals surface area contributed by atoms with Gasteiger partial charge in [0.25, 0.3) is 10.0 Å². The first-order valence-corrected chi connectivity index (χ1v) is 9.51. The molecule has 0 bridgehead atoms. The van der Waals surface area contributed by atoms with Gasteiger partial charge in [0.1, 0.15) is 0 Å². The monoisotopic (exact) mass is 372 g/mol. The zero-order valence-corrected chi connectivity index (χ0v) is 15.1. The molecule has 128 valence electrons. The van der Waals surface area contributed by atoms with Crippen LogP contribution >= 0.6 is 11.6 Å². The number of hydrogen-bond acceptors (Lipinski definition) is 3. The zero-order valence-electron chi connectivity index (χ0n) is 13.5. The van der Waals surface area contributed by atoms with Gasteiger partial charge in [-0.2, -0.15) is 0 Å². The van der Waals surface area contributed by atoms with Crippen molar-refractivity contribution < 1.29 is 8.42 Å². The summed E-state index contributed by atoms with van der Waals surface area (Å²) in [4.78, 5) is 0.155. The van der Waals surface area contributed by atoms with E-state index in [1.807, 2.05) is 43.3 Å². The van der Waals surface area contributed by atoms with Crippen LogP contribution in [-0.2, 0) is 10.0 Å². The second-order valence-corrected chi connectivity index (χ2v) is 7.71. The number of hydrogen-bond donors (Lipinski definition) is 2. The number of sulfonamides is 1. The highest BCUT2D eigenvalue weighted by Crippen LogP contribution is 2.28. The van der Waals surface area contributed by atoms with E-state index in [4.69, 9.17) is 11.6 Å². The zero-order chi connectivity index (χ0) is 17.9. The normalized spacial score (nSPS) is 11.1. The molecule has 0 aliphatic rings. The van der Waals surface area contributed by atoms with E-state index in [0.29, 0.717) is 16.4 Å². The van der Waals surface area contributed by atoms with Crippen molar-refractivity contribution in [1.82, 2.24) is 0 Å². The molecule has 0 spiro atoms. The Kier molecular flexibility index (Phi) is 4.97. The predicted octanol–water partition coefficient (Wildman–Crippen LogP) is 5.19. The van der Waals surface area contributed by atoms with Crippen LogP contribution in [0.15, 0.2) is 77.7 Å². The van der Waals surface area contributed by atoms with E-state index in [1.54, 1.807) is 24.3 Å². The van der Waals surface area contributed by atoms with Crippen molar-refractivity contribution in [1.29, 1.82) is 0 Å². The van der Waals surface area contributed by atoms with Crippen LogP contribution in [0.1, 0.15) is 5.56 Å². The highest BCUT2D eigenvalue weighted by Gasteiger charge is 2.15. The molecule has 0 atom stereocenters. The van der Waals surface area contributed by atoms with Gasteiger partial charge in [0, 0.05) is 10.7 Å². The molecule has 0 saturated carbocycles. The lowest BCUT2D eigenvalue weighted by molar-refractivity contribution is 0.601. The summed E-state index contributed by atoms with van der Waals surface area (Å²) in [6, 6.07) is 21.1. The molecule has 3 rings (SSSR count). The van der Waals surface area contributed by atoms with E-state index in [1.165, 1.54) is 12.1 Å². The fraction of sp³-hybridized carbons (Fsp3) is 0.0526. The number of rotatable bonds is 5. The minimum absolute atomic E-state index is 0.155. The van der Waals surface area contributed by atoms with Gasteiger partial charge in [-0.1, -0.05) is 41.4 Å². The van der Waals surface area contributed by atoms with Crippen LogP contribution in [-0.4, -0.2) is 8.42 Å². The topological polar surface area (TPSA) is 58.2 Å². The molecule has 0 fully saturated rings. The second-order valence-electron chi connectivity index (χ2n) is 5.60. The van der Waals surface area contributed by atoms with Gasteiger partial charge in [-0.3, -0.25) is 4.72 Å². The predicted molar refractivity (Wildman–Crippen MR) is 103 cm³/mol. The first-order chi connectivity index (χ1) is 11.9. The molecule has 3 aromatic carbocycles. The van der Waals surface area contributed by atoms with Crippen LogP contribution in [0.25, 0.3) is 0 Å². The summed E-state index contributed by atoms with van der Waals surface area (Å²) in [6.45, 7) is 2.01. The molecule has 2 N–H and O–H groups in total. The van der Waals surface area contributed by atoms with Crippen LogP contribution in [0.2, 0.25) is 5.02 Å². The average molecular weight is 373 g/mol. The Hall–Kier alpha value is -2.50. The van der Waals surface area contributed by atoms with Crippen molar-refractivity contribution >= 4 is 38.7 Å². The lowest BCUT2D eigenvalue weighted by atomic mass is 10.2. The maximum atomic E-state index is 12.6. The molecule has 25 heavy (non-hydrogen) atoms. The molecule has 0 aliphatic heterocycles. The highest BCUT2D eigenvalue weighted by molar-refractivity contribution is 7.92. The van der Waals surface area contributed by atoms with Gasteiger partial charge in [0.2, 0.25) is 0 Å². The molecule has 0 aliphatic carbocycles. The van der Waals surface area contributed by atoms with Gasteiger partial charge in [0.15, 0.2) is 0 Å². The highest BCUT2D eigenvalue weighted by atomic mass is 35.5. The Labute approximate surface area is 152 Å². The summed E-state index contributed by atoms with van der Waals surface area (Å²) in [5.41, 5.74) is 3.17. The van der Waals surface area contributed by atoms with Crippen LogP contribution in [0.3, 0.4) is 0 Å². The summed E-state index contributed by atoms with van der Waals surface area (Å²) in [6.07, 6.45) is 0. The fourth-order valence-electron chi connectivity index (χ4n) is 2.29. The standard InChI is InChI=1S/C19H17ClN2O2S/c1-14-6-10-16(11-7-14)21-18-4-2-3-5-19(18)22-25(23,24)17-12-8-15(20)9-13-17/h2-13,21-22H,1H3. The van der Waals surface area contributed by atoms with Crippen LogP contribution in [0.5, 0.6) is 0 Å². The molecule has 0 unspecified atom stereocenters. The van der Waals surface area contributed by atoms with Crippen LogP contribution in [0.4, 0.5) is 17.1 Å². The van der Waals surface area contributed by atoms with Crippen molar-refractivity contribution in [3.8, 4) is 0 Å². The van der Waals surface area contributed by atoms with E-state index in [2.05, 4.69) is 10.0 Å². The number of para-hydroxylation sites is 2. The molecule has 6 heteroatoms. The molecule has 0 radical (unpaired) electrons. The van der Waals surface area contributed by atoms with Crippen molar-refractivity contribution in [2.75, 3.05) is 10.0 Å². The second kappa shape index (κ2) is 7.17. The molecule has 4 nitrogen and oxygen atoms in total. The van der Waals surface area contributed by atoms with E-state index in [-0.39, 0.29) is 4.90 Å². The van der Waals surface area contributed by atoms with Gasteiger partial charge in [-0.05, 0) is 55.5 Å². The quantitative estimate of drug-likeness (QED) is 0.647. The van der Waals surface area contributed by atoms with Gasteiger partial charge in [-0.25, -0.2) is 8.42 Å². The van der Waals surface area contributed by atoms with Crippen LogP contribution in [0, 0.1) is 6.92 Å². The van der Waals surface area contributed by atoms with Crippen molar-refractivity contribution in [2.24, 2.45) is 0 Å². The minimum atomic E-state index is -3.70. The third-order valence-electron chi connectivity index (χ3n) is 3.63. The van der Waals surface area contributed by atoms with Gasteiger partial charge < -0.3 is 5.32 Å². The maximum absolute atomic E-state index is 12.6. The van der Waals surface area contributed by atoms with Gasteiger partial charge in [-0.15, -0.1) is 0 Å². The Morgan fingerprint density at radius 3 is 2.04 bits per heavy atom. The molecular weight excluding hydrogens is 356 g/mol. The summed E-state index contributed by atoms with van der Waals surface area (Å²) in [5.74, 6) is 0. The SMILES string of the molecule is Cc1ccc(Nc2ccccc2NS(=O)(=O)c2ccc(Cl)cc2)cc1. The molecular formula is C19H17ClN2O2S. The number of anilines is 3. The van der Waals surface area contributed by atoms with Crippen molar-refractivity contribution in [2.45, 2.75) is 11.8 Å². The first-order valence-electron chi connectivity index (χ1n) is 7.65. The third kappa shape index (κ3) is 4.32. The molecule has 3 aromatic rings. The number of benzene rings is 3. The number of aryl methyl sites for hydroxylation is 1. The van der Waals surface area contributed by atoms with Crippen molar-refractivity contribution in [3.63, 3.8) is 0 Å². The molecule has 0 aromatic heterocycles. The summed E-state index contributed by atoms with van der Waals surface area (Å²) < 4.78 is 27.8. The lowest BCUT2D eigenvalue weighted by Crippen LogP contribution is -2.13.